The van der Waals surface area contributed by atoms with Crippen LogP contribution < -0.4 is 30.1 Å². The molecular weight excluding hydrogens is 1040 g/mol. The molecule has 0 aliphatic carbocycles. The van der Waals surface area contributed by atoms with Gasteiger partial charge in [0.05, 0.1) is 54.0 Å². The minimum Gasteiger partial charge on any atom is -0.458 e. The molecule has 6 heteroatoms. The molecule has 1 aliphatic heterocycles. The van der Waals surface area contributed by atoms with Crippen molar-refractivity contribution in [2.75, 3.05) is 0 Å². The van der Waals surface area contributed by atoms with Crippen molar-refractivity contribution in [2.24, 2.45) is 0 Å². The van der Waals surface area contributed by atoms with E-state index < -0.39 is 120 Å². The highest BCUT2D eigenvalue weighted by atomic mass is 28.3. The Morgan fingerprint density at radius 2 is 1.01 bits per heavy atom. The van der Waals surface area contributed by atoms with Gasteiger partial charge >= 0.3 is 0 Å². The van der Waals surface area contributed by atoms with E-state index in [0.29, 0.717) is 39.3 Å². The van der Waals surface area contributed by atoms with E-state index in [2.05, 4.69) is 110 Å². The molecule has 14 rings (SSSR count). The first-order chi connectivity index (χ1) is 46.8. The Hall–Kier alpha value is -9.36. The minimum atomic E-state index is -5.76. The average molecular weight is 1120 g/mol. The van der Waals surface area contributed by atoms with Crippen LogP contribution in [0.1, 0.15) is 99.6 Å². The number of hydrogen-bond donors (Lipinski definition) is 0. The Morgan fingerprint density at radius 3 is 1.62 bits per heavy atom. The fraction of sp³-hybridized carbons (Fsp3) is 0.154. The molecule has 5 nitrogen and oxygen atoms in total. The lowest BCUT2D eigenvalue weighted by Crippen LogP contribution is -2.74. The molecule has 0 atom stereocenters. The van der Waals surface area contributed by atoms with E-state index in [-0.39, 0.29) is 16.0 Å². The largest absolute Gasteiger partial charge is 0.458 e. The Morgan fingerprint density at radius 1 is 0.452 bits per heavy atom. The summed E-state index contributed by atoms with van der Waals surface area (Å²) >= 11 is 0. The predicted molar refractivity (Wildman–Crippen MR) is 352 cm³/mol. The van der Waals surface area contributed by atoms with Crippen LogP contribution in [0.25, 0.3) is 83.4 Å². The van der Waals surface area contributed by atoms with Gasteiger partial charge in [-0.3, -0.25) is 13.7 Å². The number of imidazole rings is 1. The summed E-state index contributed by atoms with van der Waals surface area (Å²) in [5.74, 6) is 1.63. The quantitative estimate of drug-likeness (QED) is 0.0658. The maximum absolute atomic E-state index is 10.1. The van der Waals surface area contributed by atoms with Crippen molar-refractivity contribution >= 4 is 61.7 Å². The summed E-state index contributed by atoms with van der Waals surface area (Å²) < 4.78 is 157. The summed E-state index contributed by atoms with van der Waals surface area (Å²) in [6, 6.07) is 36.4. The fourth-order valence-corrected chi connectivity index (χ4v) is 16.0. The van der Waals surface area contributed by atoms with E-state index in [1.54, 1.807) is 16.7 Å². The lowest BCUT2D eigenvalue weighted by molar-refractivity contribution is -0.572. The number of nitrogens with zero attached hydrogens (tertiary/aromatic N) is 4. The van der Waals surface area contributed by atoms with E-state index in [4.69, 9.17) is 13.8 Å². The van der Waals surface area contributed by atoms with Gasteiger partial charge in [-0.15, -0.1) is 0 Å². The van der Waals surface area contributed by atoms with Crippen LogP contribution >= 0.6 is 0 Å². The normalized spacial score (nSPS) is 15.1. The van der Waals surface area contributed by atoms with Gasteiger partial charge in [-0.2, -0.15) is 0 Å². The van der Waals surface area contributed by atoms with Gasteiger partial charge in [-0.1, -0.05) is 250 Å². The van der Waals surface area contributed by atoms with Crippen LogP contribution in [0.15, 0.2) is 248 Å². The molecule has 0 bridgehead atoms. The Bertz CT molecular complexity index is 5390. The predicted octanol–water partition coefficient (Wildman–Crippen LogP) is 16.6. The minimum absolute atomic E-state index is 0.0548. The van der Waals surface area contributed by atoms with Crippen molar-refractivity contribution in [1.29, 1.82) is 0 Å². The second-order valence-electron chi connectivity index (χ2n) is 24.7. The van der Waals surface area contributed by atoms with E-state index >= 15 is 0 Å². The third-order valence-corrected chi connectivity index (χ3v) is 20.5. The summed E-state index contributed by atoms with van der Waals surface area (Å²) in [5, 5.41) is 0.144. The average Bonchev–Trinajstić information content (AvgIpc) is 1.52. The number of aromatic nitrogens is 4. The monoisotopic (exact) mass is 1120 g/mol. The molecule has 4 heterocycles. The van der Waals surface area contributed by atoms with Gasteiger partial charge in [0.25, 0.3) is 6.33 Å². The SMILES string of the molecule is [2H]c1c([2H])c([2H])c([Si](c2cc3c4c(c2)n(-c2cccc(Oc5ccc6c7ccccc7n(-c7cc(C(C)(C)C)ccn7)c6c5)c2)[c-][n+]4-c2c(cc(C(C)(C)C)cc2C(C)(C)C)-c2ccccc2-c2ccccc2-3)(c2c([2H])c([2H])c([2H])c([2H])c2[2H])c2c([2H])c([2H])c([2H])c([2H])c2[2H])c([2H])c1[2H]. The molecule has 0 radical (unpaired) electrons. The van der Waals surface area contributed by atoms with Crippen LogP contribution in [0, 0.1) is 6.33 Å². The number of benzene rings is 10. The molecule has 13 aromatic rings. The third kappa shape index (κ3) is 8.73. The Kier molecular flexibility index (Phi) is 9.11. The summed E-state index contributed by atoms with van der Waals surface area (Å²) in [5.41, 5.74) is 10.1. The van der Waals surface area contributed by atoms with Crippen LogP contribution in [-0.4, -0.2) is 22.2 Å². The lowest BCUT2D eigenvalue weighted by atomic mass is 9.77. The number of rotatable bonds is 8. The molecule has 3 aromatic heterocycles. The number of para-hydroxylation sites is 1. The smallest absolute Gasteiger partial charge is 0.269 e. The molecule has 0 amide bonds. The molecule has 84 heavy (non-hydrogen) atoms. The van der Waals surface area contributed by atoms with E-state index in [0.717, 1.165) is 72.3 Å². The highest BCUT2D eigenvalue weighted by Crippen LogP contribution is 2.47. The maximum Gasteiger partial charge on any atom is 0.269 e. The van der Waals surface area contributed by atoms with Crippen LogP contribution in [0.2, 0.25) is 0 Å². The van der Waals surface area contributed by atoms with Crippen molar-refractivity contribution in [2.45, 2.75) is 78.6 Å². The summed E-state index contributed by atoms with van der Waals surface area (Å²) in [7, 11) is -5.76. The highest BCUT2D eigenvalue weighted by Gasteiger charge is 2.43. The molecule has 410 valence electrons. The van der Waals surface area contributed by atoms with E-state index in [1.165, 1.54) is 0 Å². The van der Waals surface area contributed by atoms with Crippen LogP contribution in [0.3, 0.4) is 0 Å². The van der Waals surface area contributed by atoms with Gasteiger partial charge in [-0.05, 0) is 136 Å². The molecule has 0 N–H and O–H groups in total. The third-order valence-electron chi connectivity index (χ3n) is 16.3. The maximum atomic E-state index is 10.1. The van der Waals surface area contributed by atoms with Gasteiger partial charge < -0.3 is 4.74 Å². The standard InChI is InChI=1S/C78H68N4OSi/c1-76(2,3)52-42-43-79-73(46-52)82-70-39-24-23-38-65(70)66-41-40-56(48-71(66)82)83-55-27-25-26-54(47-55)80-51-81-74-67(44-53(77(4,5)6)45-69(74)78(7,8)9)63-36-21-19-34-61(63)62-35-20-22-37-64(62)68-49-60(50-72(80)75(68)81)84(57-28-13-10-14-29-57,58-30-15-11-16-31-58)59-32-17-12-18-33-59/h10-50H,1-9H3/i10D,11D,12D,13D,14D,15D,16D,17D,18D,28D,29D,30D,31D,32D,33D. The topological polar surface area (TPSA) is 35.9 Å². The zero-order valence-electron chi connectivity index (χ0n) is 63.2. The first-order valence-electron chi connectivity index (χ1n) is 35.7. The second-order valence-corrected chi connectivity index (χ2v) is 28.3. The molecule has 0 saturated heterocycles. The molecule has 10 aromatic carbocycles. The zero-order chi connectivity index (χ0) is 70.8. The first-order valence-corrected chi connectivity index (χ1v) is 30.2. The van der Waals surface area contributed by atoms with Crippen molar-refractivity contribution in [3.63, 3.8) is 0 Å². The summed E-state index contributed by atoms with van der Waals surface area (Å²) in [4.78, 5) is 4.91. The van der Waals surface area contributed by atoms with E-state index in [1.807, 2.05) is 114 Å². The Balaban J connectivity index is 1.17. The molecule has 0 saturated carbocycles. The van der Waals surface area contributed by atoms with Gasteiger partial charge in [-0.25, -0.2) is 4.98 Å². The van der Waals surface area contributed by atoms with Crippen molar-refractivity contribution < 1.29 is 29.9 Å². The van der Waals surface area contributed by atoms with Crippen molar-refractivity contribution in [1.82, 2.24) is 14.1 Å². The highest BCUT2D eigenvalue weighted by molar-refractivity contribution is 7.20. The Labute approximate surface area is 515 Å². The summed E-state index contributed by atoms with van der Waals surface area (Å²) in [6.07, 6.45) is 5.68. The molecule has 0 spiro atoms. The first kappa shape index (κ1) is 38.4. The van der Waals surface area contributed by atoms with E-state index in [9.17, 15) is 16.4 Å². The van der Waals surface area contributed by atoms with Crippen molar-refractivity contribution in [3.05, 3.63) is 272 Å². The number of ether oxygens (including phenoxy) is 1. The summed E-state index contributed by atoms with van der Waals surface area (Å²) in [6.45, 7) is 19.5. The van der Waals surface area contributed by atoms with Gasteiger partial charge in [0.15, 0.2) is 8.07 Å². The molecule has 1 aliphatic rings. The second kappa shape index (κ2) is 19.9. The molecule has 0 fully saturated rings. The zero-order valence-corrected chi connectivity index (χ0v) is 49.2. The lowest BCUT2D eigenvalue weighted by Gasteiger charge is -2.35. The molecular formula is C78H68N4OSi. The molecule has 0 unspecified atom stereocenters. The van der Waals surface area contributed by atoms with Crippen LogP contribution in [0.5, 0.6) is 11.5 Å². The van der Waals surface area contributed by atoms with Gasteiger partial charge in [0, 0.05) is 23.0 Å². The van der Waals surface area contributed by atoms with Crippen molar-refractivity contribution in [3.8, 4) is 62.1 Å². The number of pyridine rings is 1. The van der Waals surface area contributed by atoms with Gasteiger partial charge in [0.2, 0.25) is 0 Å². The number of hydrogen-bond acceptors (Lipinski definition) is 2. The van der Waals surface area contributed by atoms with Gasteiger partial charge in [0.1, 0.15) is 17.3 Å². The van der Waals surface area contributed by atoms with Crippen LogP contribution in [0.4, 0.5) is 0 Å². The number of fused-ring (bicyclic) bond motifs is 10. The van der Waals surface area contributed by atoms with Crippen LogP contribution in [-0.2, 0) is 16.2 Å². The fourth-order valence-electron chi connectivity index (χ4n) is 12.2.